The van der Waals surface area contributed by atoms with E-state index in [1.165, 1.54) is 19.3 Å². The van der Waals surface area contributed by atoms with Crippen LogP contribution in [0.5, 0.6) is 5.75 Å². The molecule has 7 nitrogen and oxygen atoms in total. The fraction of sp³-hybridized carbons (Fsp3) is 0.476. The number of rotatable bonds is 6. The lowest BCUT2D eigenvalue weighted by Gasteiger charge is -2.40. The number of benzene rings is 1. The summed E-state index contributed by atoms with van der Waals surface area (Å²) >= 11 is 0. The van der Waals surface area contributed by atoms with Crippen LogP contribution in [0.25, 0.3) is 0 Å². The van der Waals surface area contributed by atoms with Gasteiger partial charge in [-0.25, -0.2) is 4.98 Å². The summed E-state index contributed by atoms with van der Waals surface area (Å²) in [4.78, 5) is 22.3. The molecule has 1 aromatic heterocycles. The van der Waals surface area contributed by atoms with Crippen LogP contribution in [0.15, 0.2) is 29.1 Å². The van der Waals surface area contributed by atoms with Crippen LogP contribution in [-0.4, -0.2) is 42.4 Å². The van der Waals surface area contributed by atoms with Gasteiger partial charge in [0, 0.05) is 37.1 Å². The lowest BCUT2D eigenvalue weighted by Crippen LogP contribution is -2.46. The average Bonchev–Trinajstić information content (AvgIpc) is 2.68. The standard InChI is InChI=1S/C21H27N5O2/c1-28-17-9-5-8-16(10-17)26-12-14(13-26)19-24-20(18(11-22)21(27)25-19)23-15-6-3-2-4-7-15/h5,8-11,14-15,22H,2-4,6-7,12-13H2,1H3,(H2,23,24,25,27). The molecule has 1 aliphatic heterocycles. The van der Waals surface area contributed by atoms with E-state index in [2.05, 4.69) is 21.3 Å². The first-order valence-corrected chi connectivity index (χ1v) is 9.98. The molecule has 1 saturated carbocycles. The van der Waals surface area contributed by atoms with Crippen molar-refractivity contribution in [3.05, 3.63) is 46.0 Å². The van der Waals surface area contributed by atoms with Crippen molar-refractivity contribution in [2.45, 2.75) is 44.1 Å². The smallest absolute Gasteiger partial charge is 0.261 e. The molecule has 2 aliphatic rings. The SMILES string of the molecule is COc1cccc(N2CC(c3nc(NC4CCCCC4)c(C=N)c(=O)[nH]3)C2)c1. The van der Waals surface area contributed by atoms with Crippen LogP contribution in [0.1, 0.15) is 49.4 Å². The van der Waals surface area contributed by atoms with Crippen LogP contribution in [0, 0.1) is 5.41 Å². The van der Waals surface area contributed by atoms with Gasteiger partial charge in [0.05, 0.1) is 18.6 Å². The summed E-state index contributed by atoms with van der Waals surface area (Å²) < 4.78 is 5.30. The second-order valence-electron chi connectivity index (χ2n) is 7.64. The number of nitrogens with one attached hydrogen (secondary N) is 3. The normalized spacial score (nSPS) is 17.8. The molecule has 3 N–H and O–H groups in total. The summed E-state index contributed by atoms with van der Waals surface area (Å²) in [7, 11) is 1.67. The second-order valence-corrected chi connectivity index (χ2v) is 7.64. The highest BCUT2D eigenvalue weighted by Crippen LogP contribution is 2.32. The highest BCUT2D eigenvalue weighted by Gasteiger charge is 2.31. The summed E-state index contributed by atoms with van der Waals surface area (Å²) in [6.07, 6.45) is 6.95. The Morgan fingerprint density at radius 3 is 2.79 bits per heavy atom. The first-order valence-electron chi connectivity index (χ1n) is 9.98. The zero-order valence-electron chi connectivity index (χ0n) is 16.2. The number of aromatic nitrogens is 2. The number of hydrogen-bond donors (Lipinski definition) is 3. The fourth-order valence-electron chi connectivity index (χ4n) is 4.05. The number of nitrogens with zero attached hydrogens (tertiary/aromatic N) is 2. The van der Waals surface area contributed by atoms with E-state index in [1.54, 1.807) is 7.11 Å². The van der Waals surface area contributed by atoms with Crippen LogP contribution < -0.4 is 20.5 Å². The van der Waals surface area contributed by atoms with Gasteiger partial charge in [-0.15, -0.1) is 0 Å². The van der Waals surface area contributed by atoms with Gasteiger partial charge in [-0.1, -0.05) is 25.3 Å². The van der Waals surface area contributed by atoms with E-state index in [-0.39, 0.29) is 11.5 Å². The third-order valence-electron chi connectivity index (χ3n) is 5.75. The van der Waals surface area contributed by atoms with Crippen molar-refractivity contribution in [1.82, 2.24) is 9.97 Å². The van der Waals surface area contributed by atoms with Gasteiger partial charge in [-0.05, 0) is 25.0 Å². The molecule has 148 valence electrons. The van der Waals surface area contributed by atoms with E-state index in [4.69, 9.17) is 15.1 Å². The van der Waals surface area contributed by atoms with Crippen LogP contribution in [0.3, 0.4) is 0 Å². The Labute approximate surface area is 164 Å². The Balaban J connectivity index is 1.50. The van der Waals surface area contributed by atoms with Gasteiger partial charge in [0.25, 0.3) is 5.56 Å². The van der Waals surface area contributed by atoms with E-state index < -0.39 is 0 Å². The second kappa shape index (κ2) is 8.04. The zero-order valence-corrected chi connectivity index (χ0v) is 16.2. The predicted octanol–water partition coefficient (Wildman–Crippen LogP) is 3.12. The largest absolute Gasteiger partial charge is 0.497 e. The molecule has 7 heteroatoms. The molecule has 1 aromatic carbocycles. The van der Waals surface area contributed by atoms with Crippen molar-refractivity contribution in [3.8, 4) is 5.75 Å². The Morgan fingerprint density at radius 2 is 2.07 bits per heavy atom. The van der Waals surface area contributed by atoms with Crippen molar-refractivity contribution in [2.24, 2.45) is 0 Å². The Morgan fingerprint density at radius 1 is 1.29 bits per heavy atom. The van der Waals surface area contributed by atoms with Crippen molar-refractivity contribution < 1.29 is 4.74 Å². The van der Waals surface area contributed by atoms with Gasteiger partial charge < -0.3 is 25.3 Å². The number of anilines is 2. The maximum absolute atomic E-state index is 12.5. The van der Waals surface area contributed by atoms with Crippen molar-refractivity contribution in [1.29, 1.82) is 5.41 Å². The molecule has 28 heavy (non-hydrogen) atoms. The molecule has 0 bridgehead atoms. The Kier molecular flexibility index (Phi) is 5.32. The monoisotopic (exact) mass is 381 g/mol. The van der Waals surface area contributed by atoms with Crippen LogP contribution in [0.4, 0.5) is 11.5 Å². The van der Waals surface area contributed by atoms with Gasteiger partial charge >= 0.3 is 0 Å². The summed E-state index contributed by atoms with van der Waals surface area (Å²) in [6.45, 7) is 1.59. The first-order chi connectivity index (χ1) is 13.7. The van der Waals surface area contributed by atoms with E-state index in [0.717, 1.165) is 43.6 Å². The van der Waals surface area contributed by atoms with Crippen LogP contribution >= 0.6 is 0 Å². The zero-order chi connectivity index (χ0) is 19.5. The Hall–Kier alpha value is -2.83. The van der Waals surface area contributed by atoms with Crippen LogP contribution in [0.2, 0.25) is 0 Å². The fourth-order valence-corrected chi connectivity index (χ4v) is 4.05. The molecule has 0 unspecified atom stereocenters. The molecular weight excluding hydrogens is 354 g/mol. The van der Waals surface area contributed by atoms with Gasteiger partial charge in [-0.2, -0.15) is 0 Å². The highest BCUT2D eigenvalue weighted by atomic mass is 16.5. The van der Waals surface area contributed by atoms with Crippen molar-refractivity contribution >= 4 is 17.7 Å². The van der Waals surface area contributed by atoms with Gasteiger partial charge in [-0.3, -0.25) is 4.79 Å². The summed E-state index contributed by atoms with van der Waals surface area (Å²) in [5, 5.41) is 11.0. The molecule has 0 atom stereocenters. The number of ether oxygens (including phenoxy) is 1. The topological polar surface area (TPSA) is 94.1 Å². The molecule has 0 amide bonds. The molecule has 2 heterocycles. The average molecular weight is 381 g/mol. The number of hydrogen-bond acceptors (Lipinski definition) is 6. The number of H-pyrrole nitrogens is 1. The maximum Gasteiger partial charge on any atom is 0.261 e. The van der Waals surface area contributed by atoms with E-state index in [1.807, 2.05) is 18.2 Å². The third kappa shape index (κ3) is 3.74. The molecule has 0 spiro atoms. The lowest BCUT2D eigenvalue weighted by molar-refractivity contribution is 0.414. The van der Waals surface area contributed by atoms with E-state index >= 15 is 0 Å². The van der Waals surface area contributed by atoms with Crippen LogP contribution in [-0.2, 0) is 0 Å². The number of aromatic amines is 1. The third-order valence-corrected chi connectivity index (χ3v) is 5.75. The molecule has 1 saturated heterocycles. The molecule has 4 rings (SSSR count). The minimum Gasteiger partial charge on any atom is -0.497 e. The Bertz CT molecular complexity index is 898. The molecule has 1 aliphatic carbocycles. The minimum absolute atomic E-state index is 0.172. The summed E-state index contributed by atoms with van der Waals surface area (Å²) in [6, 6.07) is 8.32. The quantitative estimate of drug-likeness (QED) is 0.669. The summed E-state index contributed by atoms with van der Waals surface area (Å²) in [5.41, 5.74) is 1.19. The highest BCUT2D eigenvalue weighted by molar-refractivity contribution is 5.83. The molecular formula is C21H27N5O2. The number of methoxy groups -OCH3 is 1. The molecule has 2 fully saturated rings. The summed E-state index contributed by atoms with van der Waals surface area (Å²) in [5.74, 6) is 2.26. The van der Waals surface area contributed by atoms with Gasteiger partial charge in [0.1, 0.15) is 17.4 Å². The molecule has 2 aromatic rings. The first kappa shape index (κ1) is 18.5. The van der Waals surface area contributed by atoms with E-state index in [9.17, 15) is 4.79 Å². The van der Waals surface area contributed by atoms with E-state index in [0.29, 0.717) is 23.2 Å². The maximum atomic E-state index is 12.5. The van der Waals surface area contributed by atoms with Crippen molar-refractivity contribution in [2.75, 3.05) is 30.4 Å². The van der Waals surface area contributed by atoms with Crippen molar-refractivity contribution in [3.63, 3.8) is 0 Å². The lowest BCUT2D eigenvalue weighted by atomic mass is 9.95. The van der Waals surface area contributed by atoms with Gasteiger partial charge in [0.2, 0.25) is 0 Å². The molecule has 0 radical (unpaired) electrons. The minimum atomic E-state index is -0.238. The van der Waals surface area contributed by atoms with Gasteiger partial charge in [0.15, 0.2) is 0 Å². The predicted molar refractivity (Wildman–Crippen MR) is 111 cm³/mol.